The second-order valence-corrected chi connectivity index (χ2v) is 9.36. The Balaban J connectivity index is 2.01. The summed E-state index contributed by atoms with van der Waals surface area (Å²) in [5.74, 6) is 4.54. The third-order valence-corrected chi connectivity index (χ3v) is 8.24. The standard InChI is InChI=1S/C24H38/c1-14-9-11-22(23-12-16(3)18(23)5)24(13-21-10-8-15(21)2)20(7)19(6)17(14)4/h15-16,18,21,23H,8-13H2,1-7H3. The van der Waals surface area contributed by atoms with Crippen molar-refractivity contribution in [1.29, 1.82) is 0 Å². The zero-order valence-electron chi connectivity index (χ0n) is 17.1. The van der Waals surface area contributed by atoms with Gasteiger partial charge in [0.1, 0.15) is 0 Å². The lowest BCUT2D eigenvalue weighted by Gasteiger charge is -2.45. The van der Waals surface area contributed by atoms with Crippen molar-refractivity contribution in [3.63, 3.8) is 0 Å². The van der Waals surface area contributed by atoms with E-state index in [1.165, 1.54) is 38.5 Å². The number of hydrogen-bond donors (Lipinski definition) is 0. The lowest BCUT2D eigenvalue weighted by atomic mass is 9.60. The Morgan fingerprint density at radius 2 is 1.50 bits per heavy atom. The van der Waals surface area contributed by atoms with Crippen LogP contribution < -0.4 is 0 Å². The van der Waals surface area contributed by atoms with Crippen molar-refractivity contribution in [3.8, 4) is 0 Å². The normalized spacial score (nSPS) is 37.9. The third-order valence-electron chi connectivity index (χ3n) is 8.24. The maximum absolute atomic E-state index is 2.49. The van der Waals surface area contributed by atoms with Crippen LogP contribution in [0.25, 0.3) is 0 Å². The van der Waals surface area contributed by atoms with E-state index in [0.717, 1.165) is 29.6 Å². The molecule has 3 aliphatic rings. The van der Waals surface area contributed by atoms with Crippen LogP contribution in [0.2, 0.25) is 0 Å². The van der Waals surface area contributed by atoms with Gasteiger partial charge in [0.25, 0.3) is 0 Å². The third kappa shape index (κ3) is 3.06. The molecule has 0 radical (unpaired) electrons. The molecule has 0 aliphatic heterocycles. The van der Waals surface area contributed by atoms with Gasteiger partial charge in [-0.05, 0) is 112 Å². The molecule has 0 heterocycles. The summed E-state index contributed by atoms with van der Waals surface area (Å²) in [7, 11) is 0. The van der Waals surface area contributed by atoms with Gasteiger partial charge in [-0.25, -0.2) is 0 Å². The zero-order valence-corrected chi connectivity index (χ0v) is 17.1. The second kappa shape index (κ2) is 6.85. The van der Waals surface area contributed by atoms with Crippen molar-refractivity contribution in [2.75, 3.05) is 0 Å². The van der Waals surface area contributed by atoms with Gasteiger partial charge >= 0.3 is 0 Å². The molecule has 0 aromatic rings. The van der Waals surface area contributed by atoms with Gasteiger partial charge in [-0.3, -0.25) is 0 Å². The average molecular weight is 327 g/mol. The summed E-state index contributed by atoms with van der Waals surface area (Å²) in [5.41, 5.74) is 9.98. The second-order valence-electron chi connectivity index (χ2n) is 9.36. The van der Waals surface area contributed by atoms with E-state index in [4.69, 9.17) is 0 Å². The maximum atomic E-state index is 2.49. The van der Waals surface area contributed by atoms with Gasteiger partial charge in [0.15, 0.2) is 0 Å². The minimum absolute atomic E-state index is 0.860. The Kier molecular flexibility index (Phi) is 5.14. The van der Waals surface area contributed by atoms with Crippen LogP contribution in [0.1, 0.15) is 87.0 Å². The Labute approximate surface area is 150 Å². The van der Waals surface area contributed by atoms with E-state index in [2.05, 4.69) is 48.5 Å². The average Bonchev–Trinajstić information content (AvgIpc) is 2.58. The van der Waals surface area contributed by atoms with E-state index in [0.29, 0.717) is 0 Å². The molecule has 3 rings (SSSR count). The van der Waals surface area contributed by atoms with Crippen molar-refractivity contribution >= 4 is 0 Å². The quantitative estimate of drug-likeness (QED) is 0.504. The Morgan fingerprint density at radius 3 is 2.00 bits per heavy atom. The van der Waals surface area contributed by atoms with Crippen LogP contribution in [-0.2, 0) is 0 Å². The molecule has 0 nitrogen and oxygen atoms in total. The predicted molar refractivity (Wildman–Crippen MR) is 106 cm³/mol. The highest BCUT2D eigenvalue weighted by Gasteiger charge is 2.39. The van der Waals surface area contributed by atoms with Crippen LogP contribution in [0.5, 0.6) is 0 Å². The smallest absolute Gasteiger partial charge is 0.0166 e. The summed E-state index contributed by atoms with van der Waals surface area (Å²) in [6.45, 7) is 16.9. The number of hydrogen-bond acceptors (Lipinski definition) is 0. The molecule has 24 heavy (non-hydrogen) atoms. The maximum Gasteiger partial charge on any atom is -0.0166 e. The SMILES string of the molecule is CC1=C(C)C(C)=C(C)C(CC2CCC2C)=C(C2CC(C)C2C)CC1. The molecule has 5 unspecified atom stereocenters. The highest BCUT2D eigenvalue weighted by atomic mass is 14.4. The van der Waals surface area contributed by atoms with Crippen molar-refractivity contribution in [2.24, 2.45) is 29.6 Å². The molecule has 2 fully saturated rings. The molecular formula is C24H38. The first kappa shape index (κ1) is 18.0. The minimum Gasteiger partial charge on any atom is -0.0698 e. The first-order valence-electron chi connectivity index (χ1n) is 10.4. The molecule has 0 aromatic carbocycles. The van der Waals surface area contributed by atoms with Crippen LogP contribution in [0.15, 0.2) is 33.4 Å². The van der Waals surface area contributed by atoms with Crippen molar-refractivity contribution < 1.29 is 0 Å². The predicted octanol–water partition coefficient (Wildman–Crippen LogP) is 7.48. The molecule has 0 aromatic heterocycles. The lowest BCUT2D eigenvalue weighted by Crippen LogP contribution is -2.35. The Bertz CT molecular complexity index is 598. The fourth-order valence-corrected chi connectivity index (χ4v) is 5.21. The number of allylic oxidation sites excluding steroid dienone is 6. The first-order valence-corrected chi connectivity index (χ1v) is 10.4. The van der Waals surface area contributed by atoms with Gasteiger partial charge in [0.05, 0.1) is 0 Å². The van der Waals surface area contributed by atoms with Gasteiger partial charge in [-0.1, -0.05) is 38.3 Å². The fourth-order valence-electron chi connectivity index (χ4n) is 5.21. The minimum atomic E-state index is 0.860. The van der Waals surface area contributed by atoms with E-state index in [-0.39, 0.29) is 0 Å². The fraction of sp³-hybridized carbons (Fsp3) is 0.750. The molecule has 2 saturated carbocycles. The molecular weight excluding hydrogens is 288 g/mol. The van der Waals surface area contributed by atoms with Gasteiger partial charge in [0, 0.05) is 0 Å². The molecule has 0 spiro atoms. The van der Waals surface area contributed by atoms with Crippen LogP contribution in [0.3, 0.4) is 0 Å². The molecule has 0 bridgehead atoms. The summed E-state index contributed by atoms with van der Waals surface area (Å²) in [4.78, 5) is 0. The summed E-state index contributed by atoms with van der Waals surface area (Å²) in [6.07, 6.45) is 8.26. The summed E-state index contributed by atoms with van der Waals surface area (Å²) in [5, 5.41) is 0. The molecule has 0 saturated heterocycles. The van der Waals surface area contributed by atoms with E-state index >= 15 is 0 Å². The van der Waals surface area contributed by atoms with Crippen molar-refractivity contribution in [2.45, 2.75) is 87.0 Å². The van der Waals surface area contributed by atoms with Crippen molar-refractivity contribution in [3.05, 3.63) is 33.4 Å². The molecule has 0 N–H and O–H groups in total. The van der Waals surface area contributed by atoms with Crippen LogP contribution in [0.4, 0.5) is 0 Å². The molecule has 0 heteroatoms. The van der Waals surface area contributed by atoms with Crippen LogP contribution in [0, 0.1) is 29.6 Å². The summed E-state index contributed by atoms with van der Waals surface area (Å²) >= 11 is 0. The van der Waals surface area contributed by atoms with Crippen molar-refractivity contribution in [1.82, 2.24) is 0 Å². The zero-order chi connectivity index (χ0) is 17.6. The molecule has 3 aliphatic carbocycles. The van der Waals surface area contributed by atoms with E-state index < -0.39 is 0 Å². The van der Waals surface area contributed by atoms with Gasteiger partial charge < -0.3 is 0 Å². The van der Waals surface area contributed by atoms with Gasteiger partial charge in [-0.2, -0.15) is 0 Å². The summed E-state index contributed by atoms with van der Waals surface area (Å²) < 4.78 is 0. The highest BCUT2D eigenvalue weighted by Crippen LogP contribution is 2.50. The van der Waals surface area contributed by atoms with E-state index in [1.54, 1.807) is 27.9 Å². The molecule has 134 valence electrons. The Hall–Kier alpha value is -0.780. The largest absolute Gasteiger partial charge is 0.0698 e. The van der Waals surface area contributed by atoms with Gasteiger partial charge in [0.2, 0.25) is 0 Å². The monoisotopic (exact) mass is 326 g/mol. The highest BCUT2D eigenvalue weighted by molar-refractivity contribution is 5.48. The first-order chi connectivity index (χ1) is 11.3. The van der Waals surface area contributed by atoms with Gasteiger partial charge in [-0.15, -0.1) is 0 Å². The van der Waals surface area contributed by atoms with E-state index in [1.807, 2.05) is 5.57 Å². The van der Waals surface area contributed by atoms with Crippen LogP contribution >= 0.6 is 0 Å². The van der Waals surface area contributed by atoms with E-state index in [9.17, 15) is 0 Å². The summed E-state index contributed by atoms with van der Waals surface area (Å²) in [6, 6.07) is 0. The lowest BCUT2D eigenvalue weighted by molar-refractivity contribution is 0.129. The molecule has 0 amide bonds. The molecule has 5 atom stereocenters. The topological polar surface area (TPSA) is 0 Å². The Morgan fingerprint density at radius 1 is 0.792 bits per heavy atom. The number of rotatable bonds is 3. The van der Waals surface area contributed by atoms with Crippen LogP contribution in [-0.4, -0.2) is 0 Å².